The van der Waals surface area contributed by atoms with Crippen LogP contribution in [0.5, 0.6) is 0 Å². The number of nitrogens with one attached hydrogen (secondary N) is 2. The van der Waals surface area contributed by atoms with Crippen molar-refractivity contribution in [3.8, 4) is 0 Å². The van der Waals surface area contributed by atoms with E-state index in [1.54, 1.807) is 13.0 Å². The van der Waals surface area contributed by atoms with Crippen molar-refractivity contribution in [2.75, 3.05) is 6.54 Å². The topological polar surface area (TPSA) is 53.5 Å². The quantitative estimate of drug-likeness (QED) is 0.876. The molecule has 0 aromatic heterocycles. The molecular weight excluding hydrogens is 301 g/mol. The number of guanidine groups is 1. The van der Waals surface area contributed by atoms with Crippen LogP contribution in [0.15, 0.2) is 27.7 Å². The van der Waals surface area contributed by atoms with Crippen molar-refractivity contribution in [1.29, 1.82) is 0 Å². The zero-order valence-corrected chi connectivity index (χ0v) is 11.6. The van der Waals surface area contributed by atoms with E-state index in [1.807, 2.05) is 6.92 Å². The van der Waals surface area contributed by atoms with Gasteiger partial charge in [0.1, 0.15) is 11.4 Å². The lowest BCUT2D eigenvalue weighted by Gasteiger charge is -2.23. The monoisotopic (exact) mass is 313 g/mol. The molecule has 1 aliphatic heterocycles. The average molecular weight is 314 g/mol. The molecule has 4 nitrogen and oxygen atoms in total. The standard InChI is InChI=1S/C12H13BrFN3O/c1-3-15-11-16-10(18)12(2,17-11)8-5-4-7(14)6-9(8)13/h4-6H,3H2,1-2H3,(H2,15,16,17,18). The van der Waals surface area contributed by atoms with Gasteiger partial charge in [-0.15, -0.1) is 0 Å². The van der Waals surface area contributed by atoms with Crippen LogP contribution in [-0.4, -0.2) is 18.4 Å². The van der Waals surface area contributed by atoms with Crippen molar-refractivity contribution >= 4 is 27.8 Å². The highest BCUT2D eigenvalue weighted by molar-refractivity contribution is 9.10. The molecule has 1 aliphatic rings. The Kier molecular flexibility index (Phi) is 3.38. The maximum absolute atomic E-state index is 13.1. The largest absolute Gasteiger partial charge is 0.338 e. The molecule has 2 N–H and O–H groups in total. The van der Waals surface area contributed by atoms with E-state index < -0.39 is 5.54 Å². The molecule has 0 radical (unpaired) electrons. The normalized spacial score (nSPS) is 25.1. The number of aliphatic imine (C=N–C) groups is 1. The van der Waals surface area contributed by atoms with Crippen LogP contribution in [0.25, 0.3) is 0 Å². The fourth-order valence-corrected chi connectivity index (χ4v) is 2.63. The van der Waals surface area contributed by atoms with Crippen LogP contribution in [0.3, 0.4) is 0 Å². The molecule has 18 heavy (non-hydrogen) atoms. The van der Waals surface area contributed by atoms with Gasteiger partial charge in [-0.05, 0) is 26.0 Å². The van der Waals surface area contributed by atoms with Crippen LogP contribution in [0.4, 0.5) is 4.39 Å². The molecule has 1 heterocycles. The summed E-state index contributed by atoms with van der Waals surface area (Å²) in [5.41, 5.74) is -0.275. The van der Waals surface area contributed by atoms with Crippen LogP contribution in [0, 0.1) is 5.82 Å². The number of carbonyl (C=O) groups is 1. The van der Waals surface area contributed by atoms with Gasteiger partial charge in [-0.1, -0.05) is 22.0 Å². The van der Waals surface area contributed by atoms with E-state index in [-0.39, 0.29) is 11.7 Å². The second kappa shape index (κ2) is 4.68. The molecule has 6 heteroatoms. The Hall–Kier alpha value is -1.43. The number of nitrogens with zero attached hydrogens (tertiary/aromatic N) is 1. The summed E-state index contributed by atoms with van der Waals surface area (Å²) in [7, 11) is 0. The number of halogens is 2. The van der Waals surface area contributed by atoms with E-state index in [4.69, 9.17) is 0 Å². The van der Waals surface area contributed by atoms with Gasteiger partial charge in [0.2, 0.25) is 0 Å². The zero-order valence-electron chi connectivity index (χ0n) is 10.1. The second-order valence-electron chi connectivity index (χ2n) is 4.15. The van der Waals surface area contributed by atoms with Gasteiger partial charge < -0.3 is 5.32 Å². The van der Waals surface area contributed by atoms with Gasteiger partial charge in [0.05, 0.1) is 0 Å². The number of carbonyl (C=O) groups excluding carboxylic acids is 1. The summed E-state index contributed by atoms with van der Waals surface area (Å²) in [6.45, 7) is 4.19. The van der Waals surface area contributed by atoms with E-state index >= 15 is 0 Å². The lowest BCUT2D eigenvalue weighted by atomic mass is 9.92. The van der Waals surface area contributed by atoms with Gasteiger partial charge in [0.25, 0.3) is 5.91 Å². The van der Waals surface area contributed by atoms with Crippen molar-refractivity contribution in [2.45, 2.75) is 19.4 Å². The molecule has 1 aromatic carbocycles. The Morgan fingerprint density at radius 1 is 1.50 bits per heavy atom. The number of rotatable bonds is 2. The Morgan fingerprint density at radius 3 is 2.83 bits per heavy atom. The fraction of sp³-hybridized carbons (Fsp3) is 0.333. The number of hydrogen-bond acceptors (Lipinski definition) is 2. The summed E-state index contributed by atoms with van der Waals surface area (Å²) in [6.07, 6.45) is 0. The third kappa shape index (κ3) is 2.12. The lowest BCUT2D eigenvalue weighted by molar-refractivity contribution is -0.123. The van der Waals surface area contributed by atoms with E-state index in [9.17, 15) is 9.18 Å². The summed E-state index contributed by atoms with van der Waals surface area (Å²) in [6, 6.07) is 4.25. The molecular formula is C12H13BrFN3O. The average Bonchev–Trinajstić information content (AvgIpc) is 2.55. The summed E-state index contributed by atoms with van der Waals surface area (Å²) in [4.78, 5) is 16.2. The van der Waals surface area contributed by atoms with Crippen molar-refractivity contribution in [2.24, 2.45) is 4.99 Å². The highest BCUT2D eigenvalue weighted by atomic mass is 79.9. The summed E-state index contributed by atoms with van der Waals surface area (Å²) in [5, 5.41) is 5.70. The predicted molar refractivity (Wildman–Crippen MR) is 70.7 cm³/mol. The number of benzene rings is 1. The Balaban J connectivity index is 2.43. The van der Waals surface area contributed by atoms with Gasteiger partial charge in [-0.3, -0.25) is 15.1 Å². The highest BCUT2D eigenvalue weighted by Crippen LogP contribution is 2.31. The minimum atomic E-state index is -0.944. The van der Waals surface area contributed by atoms with Gasteiger partial charge in [-0.25, -0.2) is 4.39 Å². The predicted octanol–water partition coefficient (Wildman–Crippen LogP) is 1.90. The first-order valence-corrected chi connectivity index (χ1v) is 6.36. The molecule has 1 fully saturated rings. The van der Waals surface area contributed by atoms with Crippen molar-refractivity contribution in [3.05, 3.63) is 34.1 Å². The Bertz CT molecular complexity index is 532. The molecule has 1 aromatic rings. The molecule has 0 aliphatic carbocycles. The zero-order chi connectivity index (χ0) is 13.3. The first-order chi connectivity index (χ1) is 8.47. The van der Waals surface area contributed by atoms with Crippen LogP contribution in [0.1, 0.15) is 19.4 Å². The SMILES string of the molecule is CCN=C1NC(=O)C(C)(c2ccc(F)cc2Br)N1. The second-order valence-corrected chi connectivity index (χ2v) is 5.01. The molecule has 2 rings (SSSR count). The molecule has 0 bridgehead atoms. The molecule has 0 saturated carbocycles. The molecule has 1 unspecified atom stereocenters. The summed E-state index contributed by atoms with van der Waals surface area (Å²) in [5.74, 6) is -0.113. The van der Waals surface area contributed by atoms with E-state index in [2.05, 4.69) is 31.6 Å². The van der Waals surface area contributed by atoms with Crippen LogP contribution >= 0.6 is 15.9 Å². The van der Waals surface area contributed by atoms with Crippen LogP contribution in [-0.2, 0) is 10.3 Å². The first-order valence-electron chi connectivity index (χ1n) is 5.57. The van der Waals surface area contributed by atoms with Gasteiger partial charge in [0.15, 0.2) is 5.96 Å². The Labute approximate surface area is 113 Å². The van der Waals surface area contributed by atoms with Crippen LogP contribution < -0.4 is 10.6 Å². The first kappa shape index (κ1) is 13.0. The molecule has 1 atom stereocenters. The maximum Gasteiger partial charge on any atom is 0.256 e. The third-order valence-electron chi connectivity index (χ3n) is 2.84. The van der Waals surface area contributed by atoms with Crippen molar-refractivity contribution in [3.63, 3.8) is 0 Å². The molecule has 1 saturated heterocycles. The molecule has 0 spiro atoms. The maximum atomic E-state index is 13.1. The van der Waals surface area contributed by atoms with Crippen molar-refractivity contribution in [1.82, 2.24) is 10.6 Å². The highest BCUT2D eigenvalue weighted by Gasteiger charge is 2.43. The van der Waals surface area contributed by atoms with Gasteiger partial charge >= 0.3 is 0 Å². The van der Waals surface area contributed by atoms with Crippen molar-refractivity contribution < 1.29 is 9.18 Å². The van der Waals surface area contributed by atoms with Crippen LogP contribution in [0.2, 0.25) is 0 Å². The minimum Gasteiger partial charge on any atom is -0.338 e. The van der Waals surface area contributed by atoms with E-state index in [0.29, 0.717) is 22.5 Å². The number of hydrogen-bond donors (Lipinski definition) is 2. The van der Waals surface area contributed by atoms with E-state index in [1.165, 1.54) is 12.1 Å². The minimum absolute atomic E-state index is 0.206. The van der Waals surface area contributed by atoms with E-state index in [0.717, 1.165) is 0 Å². The number of amides is 1. The molecule has 1 amide bonds. The summed E-state index contributed by atoms with van der Waals surface area (Å²) >= 11 is 3.28. The summed E-state index contributed by atoms with van der Waals surface area (Å²) < 4.78 is 13.6. The Morgan fingerprint density at radius 2 is 2.22 bits per heavy atom. The van der Waals surface area contributed by atoms with Gasteiger partial charge in [0, 0.05) is 16.6 Å². The fourth-order valence-electron chi connectivity index (χ4n) is 1.88. The molecule has 96 valence electrons. The smallest absolute Gasteiger partial charge is 0.256 e. The third-order valence-corrected chi connectivity index (χ3v) is 3.50. The lowest BCUT2D eigenvalue weighted by Crippen LogP contribution is -2.41. The van der Waals surface area contributed by atoms with Gasteiger partial charge in [-0.2, -0.15) is 0 Å².